The molecule has 0 aliphatic heterocycles. The van der Waals surface area contributed by atoms with Crippen molar-refractivity contribution < 1.29 is 4.79 Å². The van der Waals surface area contributed by atoms with Crippen molar-refractivity contribution in [1.82, 2.24) is 4.98 Å². The second-order valence-corrected chi connectivity index (χ2v) is 7.79. The third-order valence-corrected chi connectivity index (χ3v) is 5.84. The number of thioether (sulfide) groups is 1. The minimum absolute atomic E-state index is 0.0242. The van der Waals surface area contributed by atoms with Crippen LogP contribution in [0.15, 0.2) is 53.6 Å². The molecule has 2 aromatic carbocycles. The van der Waals surface area contributed by atoms with Gasteiger partial charge in [0.1, 0.15) is 0 Å². The fraction of sp³-hybridized carbons (Fsp3) is 0.273. The molecule has 0 aliphatic rings. The maximum Gasteiger partial charge on any atom is 0.237 e. The molecular weight excluding hydrogens is 340 g/mol. The summed E-state index contributed by atoms with van der Waals surface area (Å²) in [4.78, 5) is 17.6. The van der Waals surface area contributed by atoms with Gasteiger partial charge in [-0.1, -0.05) is 55.1 Å². The van der Waals surface area contributed by atoms with E-state index in [9.17, 15) is 4.79 Å². The van der Waals surface area contributed by atoms with Crippen LogP contribution in [0.3, 0.4) is 0 Å². The van der Waals surface area contributed by atoms with Gasteiger partial charge >= 0.3 is 0 Å². The van der Waals surface area contributed by atoms with Crippen molar-refractivity contribution in [2.45, 2.75) is 44.4 Å². The Bertz CT molecular complexity index is 952. The lowest BCUT2D eigenvalue weighted by Gasteiger charge is -2.16. The van der Waals surface area contributed by atoms with E-state index in [2.05, 4.69) is 43.4 Å². The Hall–Kier alpha value is -2.33. The number of hydrogen-bond donors (Lipinski definition) is 1. The molecule has 26 heavy (non-hydrogen) atoms. The van der Waals surface area contributed by atoms with Crippen LogP contribution < -0.4 is 5.32 Å². The molecule has 3 rings (SSSR count). The van der Waals surface area contributed by atoms with Gasteiger partial charge in [0.25, 0.3) is 0 Å². The number of amides is 1. The Labute approximate surface area is 159 Å². The number of aryl methyl sites for hydroxylation is 3. The molecule has 1 aromatic heterocycles. The Morgan fingerprint density at radius 2 is 1.77 bits per heavy atom. The number of nitrogens with zero attached hydrogens (tertiary/aromatic N) is 1. The first kappa shape index (κ1) is 18.5. The van der Waals surface area contributed by atoms with Crippen molar-refractivity contribution >= 4 is 34.3 Å². The van der Waals surface area contributed by atoms with E-state index in [4.69, 9.17) is 4.98 Å². The highest BCUT2D eigenvalue weighted by Gasteiger charge is 2.20. The molecule has 3 nitrogen and oxygen atoms in total. The van der Waals surface area contributed by atoms with Crippen LogP contribution in [-0.4, -0.2) is 16.1 Å². The third-order valence-electron chi connectivity index (χ3n) is 4.55. The van der Waals surface area contributed by atoms with Gasteiger partial charge in [-0.2, -0.15) is 0 Å². The largest absolute Gasteiger partial charge is 0.325 e. The molecule has 134 valence electrons. The number of carbonyl (C=O) groups is 1. The van der Waals surface area contributed by atoms with Gasteiger partial charge in [-0.15, -0.1) is 0 Å². The maximum absolute atomic E-state index is 12.8. The van der Waals surface area contributed by atoms with Crippen LogP contribution in [-0.2, 0) is 4.79 Å². The first-order valence-corrected chi connectivity index (χ1v) is 9.77. The van der Waals surface area contributed by atoms with Gasteiger partial charge in [0.05, 0.1) is 15.8 Å². The number of benzene rings is 2. The molecule has 4 heteroatoms. The molecule has 0 saturated heterocycles. The molecule has 0 aliphatic carbocycles. The highest BCUT2D eigenvalue weighted by molar-refractivity contribution is 8.00. The first-order chi connectivity index (χ1) is 12.5. The lowest BCUT2D eigenvalue weighted by Crippen LogP contribution is -2.25. The second kappa shape index (κ2) is 7.92. The van der Waals surface area contributed by atoms with Gasteiger partial charge in [0.2, 0.25) is 5.91 Å². The van der Waals surface area contributed by atoms with Crippen LogP contribution in [0, 0.1) is 20.8 Å². The second-order valence-electron chi connectivity index (χ2n) is 6.57. The number of pyridine rings is 1. The van der Waals surface area contributed by atoms with Crippen LogP contribution in [0.4, 0.5) is 5.69 Å². The SMILES string of the molecule is CCC(Sc1cc(C)c2cccc(C)c2n1)C(=O)Nc1ccccc1C. The normalized spacial score (nSPS) is 12.2. The molecule has 0 bridgehead atoms. The number of carbonyl (C=O) groups excluding carboxylic acids is 1. The van der Waals surface area contributed by atoms with Crippen LogP contribution in [0.5, 0.6) is 0 Å². The molecule has 0 spiro atoms. The summed E-state index contributed by atoms with van der Waals surface area (Å²) in [6.07, 6.45) is 0.745. The molecule has 0 fully saturated rings. The molecule has 1 unspecified atom stereocenters. The van der Waals surface area contributed by atoms with E-state index in [-0.39, 0.29) is 11.2 Å². The van der Waals surface area contributed by atoms with Gasteiger partial charge in [0, 0.05) is 11.1 Å². The van der Waals surface area contributed by atoms with Crippen molar-refractivity contribution in [3.8, 4) is 0 Å². The Kier molecular flexibility index (Phi) is 5.62. The summed E-state index contributed by atoms with van der Waals surface area (Å²) in [5.41, 5.74) is 5.30. The Morgan fingerprint density at radius 1 is 1.04 bits per heavy atom. The minimum Gasteiger partial charge on any atom is -0.325 e. The summed E-state index contributed by atoms with van der Waals surface area (Å²) in [7, 11) is 0. The van der Waals surface area contributed by atoms with Crippen LogP contribution in [0.2, 0.25) is 0 Å². The number of anilines is 1. The van der Waals surface area contributed by atoms with Crippen LogP contribution in [0.1, 0.15) is 30.0 Å². The highest BCUT2D eigenvalue weighted by atomic mass is 32.2. The van der Waals surface area contributed by atoms with Crippen LogP contribution >= 0.6 is 11.8 Å². The topological polar surface area (TPSA) is 42.0 Å². The summed E-state index contributed by atoms with van der Waals surface area (Å²) in [5, 5.41) is 4.95. The average Bonchev–Trinajstić information content (AvgIpc) is 2.62. The van der Waals surface area contributed by atoms with Crippen molar-refractivity contribution in [3.63, 3.8) is 0 Å². The summed E-state index contributed by atoms with van der Waals surface area (Å²) in [5.74, 6) is 0.0242. The van der Waals surface area contributed by atoms with Gasteiger partial charge < -0.3 is 5.32 Å². The third kappa shape index (κ3) is 3.91. The van der Waals surface area contributed by atoms with Gasteiger partial charge in [-0.05, 0) is 56.0 Å². The fourth-order valence-electron chi connectivity index (χ4n) is 2.99. The summed E-state index contributed by atoms with van der Waals surface area (Å²) >= 11 is 1.54. The molecule has 3 aromatic rings. The zero-order valence-electron chi connectivity index (χ0n) is 15.7. The molecular formula is C22H24N2OS. The van der Waals surface area contributed by atoms with E-state index in [1.165, 1.54) is 22.7 Å². The van der Waals surface area contributed by atoms with Crippen molar-refractivity contribution in [2.24, 2.45) is 0 Å². The standard InChI is InChI=1S/C22H24N2OS/c1-5-19(22(25)23-18-12-7-6-9-14(18)2)26-20-13-16(4)17-11-8-10-15(3)21(17)24-20/h6-13,19H,5H2,1-4H3,(H,23,25). The van der Waals surface area contributed by atoms with Crippen molar-refractivity contribution in [3.05, 3.63) is 65.2 Å². The lowest BCUT2D eigenvalue weighted by molar-refractivity contribution is -0.115. The lowest BCUT2D eigenvalue weighted by atomic mass is 10.1. The van der Waals surface area contributed by atoms with E-state index < -0.39 is 0 Å². The average molecular weight is 365 g/mol. The van der Waals surface area contributed by atoms with E-state index in [1.807, 2.05) is 38.1 Å². The number of nitrogens with one attached hydrogen (secondary N) is 1. The zero-order chi connectivity index (χ0) is 18.7. The quantitative estimate of drug-likeness (QED) is 0.593. The van der Waals surface area contributed by atoms with E-state index in [0.717, 1.165) is 33.8 Å². The number of fused-ring (bicyclic) bond motifs is 1. The zero-order valence-corrected chi connectivity index (χ0v) is 16.5. The maximum atomic E-state index is 12.8. The van der Waals surface area contributed by atoms with E-state index in [0.29, 0.717) is 0 Å². The van der Waals surface area contributed by atoms with E-state index in [1.54, 1.807) is 0 Å². The number of rotatable bonds is 5. The molecule has 1 atom stereocenters. The van der Waals surface area contributed by atoms with E-state index >= 15 is 0 Å². The smallest absolute Gasteiger partial charge is 0.237 e. The number of aromatic nitrogens is 1. The van der Waals surface area contributed by atoms with Crippen molar-refractivity contribution in [1.29, 1.82) is 0 Å². The van der Waals surface area contributed by atoms with Gasteiger partial charge in [0.15, 0.2) is 0 Å². The molecule has 1 N–H and O–H groups in total. The van der Waals surface area contributed by atoms with Crippen LogP contribution in [0.25, 0.3) is 10.9 Å². The molecule has 0 radical (unpaired) electrons. The highest BCUT2D eigenvalue weighted by Crippen LogP contribution is 2.30. The predicted octanol–water partition coefficient (Wildman–Crippen LogP) is 5.67. The van der Waals surface area contributed by atoms with Gasteiger partial charge in [-0.3, -0.25) is 4.79 Å². The van der Waals surface area contributed by atoms with Crippen molar-refractivity contribution in [2.75, 3.05) is 5.32 Å². The molecule has 1 amide bonds. The summed E-state index contributed by atoms with van der Waals surface area (Å²) in [6.45, 7) is 8.21. The number of hydrogen-bond acceptors (Lipinski definition) is 3. The first-order valence-electron chi connectivity index (χ1n) is 8.89. The predicted molar refractivity (Wildman–Crippen MR) is 111 cm³/mol. The molecule has 0 saturated carbocycles. The summed E-state index contributed by atoms with van der Waals surface area (Å²) < 4.78 is 0. The minimum atomic E-state index is -0.178. The molecule has 1 heterocycles. The summed E-state index contributed by atoms with van der Waals surface area (Å²) in [6, 6.07) is 16.2. The fourth-order valence-corrected chi connectivity index (χ4v) is 4.00. The number of para-hydroxylation sites is 2. The Balaban J connectivity index is 1.84. The van der Waals surface area contributed by atoms with Gasteiger partial charge in [-0.25, -0.2) is 4.98 Å². The monoisotopic (exact) mass is 364 g/mol. The Morgan fingerprint density at radius 3 is 2.50 bits per heavy atom.